The van der Waals surface area contributed by atoms with E-state index in [1.165, 1.54) is 11.8 Å². The van der Waals surface area contributed by atoms with Crippen molar-refractivity contribution in [3.8, 4) is 0 Å². The summed E-state index contributed by atoms with van der Waals surface area (Å²) in [7, 11) is 0. The summed E-state index contributed by atoms with van der Waals surface area (Å²) < 4.78 is 0. The van der Waals surface area contributed by atoms with E-state index in [2.05, 4.69) is 5.32 Å². The summed E-state index contributed by atoms with van der Waals surface area (Å²) in [6.07, 6.45) is 0. The minimum atomic E-state index is -1.08. The second-order valence-electron chi connectivity index (χ2n) is 8.37. The Labute approximate surface area is 202 Å². The van der Waals surface area contributed by atoms with Gasteiger partial charge in [-0.05, 0) is 54.8 Å². The molecule has 0 radical (unpaired) electrons. The molecular formula is C26H24ClN3O2S. The van der Waals surface area contributed by atoms with Gasteiger partial charge in [0.15, 0.2) is 4.87 Å². The highest BCUT2D eigenvalue weighted by atomic mass is 35.5. The molecule has 5 rings (SSSR count). The predicted molar refractivity (Wildman–Crippen MR) is 135 cm³/mol. The van der Waals surface area contributed by atoms with Gasteiger partial charge in [0, 0.05) is 28.6 Å². The monoisotopic (exact) mass is 477 g/mol. The molecule has 3 amide bonds. The number of fused-ring (bicyclic) bond motifs is 2. The van der Waals surface area contributed by atoms with Crippen molar-refractivity contribution in [3.63, 3.8) is 0 Å². The van der Waals surface area contributed by atoms with E-state index >= 15 is 0 Å². The van der Waals surface area contributed by atoms with Crippen LogP contribution in [0.3, 0.4) is 0 Å². The van der Waals surface area contributed by atoms with Crippen molar-refractivity contribution >= 4 is 46.7 Å². The molecule has 5 nitrogen and oxygen atoms in total. The number of rotatable bonds is 3. The molecule has 168 valence electrons. The number of hydrogen-bond acceptors (Lipinski definition) is 3. The third-order valence-electron chi connectivity index (χ3n) is 6.39. The van der Waals surface area contributed by atoms with Crippen molar-refractivity contribution in [1.82, 2.24) is 4.90 Å². The molecule has 1 fully saturated rings. The summed E-state index contributed by atoms with van der Waals surface area (Å²) in [6.45, 7) is 4.89. The van der Waals surface area contributed by atoms with E-state index in [-0.39, 0.29) is 11.9 Å². The lowest BCUT2D eigenvalue weighted by Gasteiger charge is -2.33. The van der Waals surface area contributed by atoms with E-state index in [0.29, 0.717) is 23.9 Å². The van der Waals surface area contributed by atoms with E-state index in [1.54, 1.807) is 9.80 Å². The number of anilines is 2. The molecule has 0 unspecified atom stereocenters. The molecule has 1 N–H and O–H groups in total. The zero-order valence-corrected chi connectivity index (χ0v) is 20.0. The lowest BCUT2D eigenvalue weighted by atomic mass is 10.1. The minimum Gasteiger partial charge on any atom is -0.308 e. The van der Waals surface area contributed by atoms with E-state index in [1.807, 2.05) is 80.6 Å². The number of halogens is 1. The number of nitrogens with one attached hydrogen (secondary N) is 1. The number of para-hydroxylation sites is 1. The normalized spacial score (nSPS) is 19.3. The summed E-state index contributed by atoms with van der Waals surface area (Å²) in [4.78, 5) is 29.8. The van der Waals surface area contributed by atoms with Gasteiger partial charge >= 0.3 is 6.03 Å². The molecule has 1 saturated heterocycles. The van der Waals surface area contributed by atoms with Gasteiger partial charge in [-0.1, -0.05) is 54.1 Å². The van der Waals surface area contributed by atoms with Crippen molar-refractivity contribution < 1.29 is 9.59 Å². The first-order valence-corrected chi connectivity index (χ1v) is 12.2. The number of thioether (sulfide) groups is 1. The fourth-order valence-corrected chi connectivity index (χ4v) is 6.19. The number of aryl methyl sites for hydroxylation is 2. The van der Waals surface area contributed by atoms with Gasteiger partial charge in [-0.15, -0.1) is 11.8 Å². The second-order valence-corrected chi connectivity index (χ2v) is 10.1. The first-order chi connectivity index (χ1) is 15.9. The Kier molecular flexibility index (Phi) is 5.59. The van der Waals surface area contributed by atoms with Gasteiger partial charge in [-0.3, -0.25) is 9.69 Å². The van der Waals surface area contributed by atoms with Gasteiger partial charge in [0.05, 0.1) is 12.2 Å². The van der Waals surface area contributed by atoms with E-state index in [0.717, 1.165) is 33.6 Å². The van der Waals surface area contributed by atoms with Crippen LogP contribution in [-0.4, -0.2) is 29.1 Å². The van der Waals surface area contributed by atoms with Crippen LogP contribution in [0.4, 0.5) is 16.2 Å². The SMILES string of the molecule is Cc1ccc(NC(=O)N2CCS[C@@]23C(=O)N(Cc2ccccc2Cl)c2ccccc23)cc1C. The molecule has 3 aromatic carbocycles. The van der Waals surface area contributed by atoms with Crippen molar-refractivity contribution in [2.45, 2.75) is 25.3 Å². The molecule has 1 spiro atoms. The zero-order valence-electron chi connectivity index (χ0n) is 18.5. The van der Waals surface area contributed by atoms with Crippen LogP contribution in [0.25, 0.3) is 0 Å². The van der Waals surface area contributed by atoms with Gasteiger partial charge in [0.25, 0.3) is 5.91 Å². The summed E-state index contributed by atoms with van der Waals surface area (Å²) in [5.74, 6) is 0.571. The van der Waals surface area contributed by atoms with Gasteiger partial charge in [-0.25, -0.2) is 4.79 Å². The first kappa shape index (κ1) is 21.9. The molecule has 0 aromatic heterocycles. The number of carbonyl (C=O) groups is 2. The first-order valence-electron chi connectivity index (χ1n) is 10.9. The van der Waals surface area contributed by atoms with Crippen molar-refractivity contribution in [1.29, 1.82) is 0 Å². The van der Waals surface area contributed by atoms with E-state index in [9.17, 15) is 9.59 Å². The molecule has 7 heteroatoms. The summed E-state index contributed by atoms with van der Waals surface area (Å²) in [5, 5.41) is 3.63. The lowest BCUT2D eigenvalue weighted by Crippen LogP contribution is -2.51. The third kappa shape index (κ3) is 3.58. The number of carbonyl (C=O) groups excluding carboxylic acids is 2. The van der Waals surface area contributed by atoms with Gasteiger partial charge < -0.3 is 10.2 Å². The van der Waals surface area contributed by atoms with Crippen LogP contribution in [0.1, 0.15) is 22.3 Å². The van der Waals surface area contributed by atoms with E-state index in [4.69, 9.17) is 11.6 Å². The van der Waals surface area contributed by atoms with E-state index < -0.39 is 4.87 Å². The molecule has 2 aliphatic heterocycles. The molecule has 0 saturated carbocycles. The topological polar surface area (TPSA) is 52.7 Å². The maximum atomic E-state index is 14.0. The molecule has 2 aliphatic rings. The van der Waals surface area contributed by atoms with Crippen molar-refractivity contribution in [2.24, 2.45) is 0 Å². The van der Waals surface area contributed by atoms with Crippen LogP contribution in [0.5, 0.6) is 0 Å². The van der Waals surface area contributed by atoms with Gasteiger partial charge in [0.1, 0.15) is 0 Å². The number of urea groups is 1. The fourth-order valence-electron chi connectivity index (χ4n) is 4.53. The van der Waals surface area contributed by atoms with Crippen molar-refractivity contribution in [2.75, 3.05) is 22.5 Å². The smallest absolute Gasteiger partial charge is 0.308 e. The Bertz CT molecular complexity index is 1260. The van der Waals surface area contributed by atoms with Crippen LogP contribution in [0.15, 0.2) is 66.7 Å². The van der Waals surface area contributed by atoms with Crippen molar-refractivity contribution in [3.05, 3.63) is 94.0 Å². The predicted octanol–water partition coefficient (Wildman–Crippen LogP) is 5.94. The Morgan fingerprint density at radius 3 is 2.61 bits per heavy atom. The number of amides is 3. The van der Waals surface area contributed by atoms with Crippen LogP contribution in [0, 0.1) is 13.8 Å². The third-order valence-corrected chi connectivity index (χ3v) is 8.18. The van der Waals surface area contributed by atoms with Gasteiger partial charge in [0.2, 0.25) is 0 Å². The molecule has 0 bridgehead atoms. The molecule has 2 heterocycles. The Balaban J connectivity index is 1.51. The Morgan fingerprint density at radius 1 is 1.06 bits per heavy atom. The molecular weight excluding hydrogens is 454 g/mol. The molecule has 33 heavy (non-hydrogen) atoms. The Morgan fingerprint density at radius 2 is 1.82 bits per heavy atom. The average Bonchev–Trinajstić information content (AvgIpc) is 3.35. The maximum absolute atomic E-state index is 14.0. The maximum Gasteiger partial charge on any atom is 0.323 e. The van der Waals surface area contributed by atoms with Gasteiger partial charge in [-0.2, -0.15) is 0 Å². The number of hydrogen-bond donors (Lipinski definition) is 1. The number of nitrogens with zero attached hydrogens (tertiary/aromatic N) is 2. The molecule has 0 aliphatic carbocycles. The lowest BCUT2D eigenvalue weighted by molar-refractivity contribution is -0.123. The second kappa shape index (κ2) is 8.43. The minimum absolute atomic E-state index is 0.110. The highest BCUT2D eigenvalue weighted by Gasteiger charge is 2.59. The zero-order chi connectivity index (χ0) is 23.2. The quantitative estimate of drug-likeness (QED) is 0.508. The highest BCUT2D eigenvalue weighted by Crippen LogP contribution is 2.54. The van der Waals surface area contributed by atoms with Crippen LogP contribution < -0.4 is 10.2 Å². The standard InChI is InChI=1S/C26H24ClN3O2S/c1-17-11-12-20(15-18(17)2)28-25(32)30-13-14-33-26(30)21-8-4-6-10-23(21)29(24(26)31)16-19-7-3-5-9-22(19)27/h3-12,15H,13-14,16H2,1-2H3,(H,28,32)/t26-/m0/s1. The average molecular weight is 478 g/mol. The largest absolute Gasteiger partial charge is 0.323 e. The van der Waals surface area contributed by atoms with Crippen LogP contribution >= 0.6 is 23.4 Å². The highest BCUT2D eigenvalue weighted by molar-refractivity contribution is 8.01. The fraction of sp³-hybridized carbons (Fsp3) is 0.231. The van der Waals surface area contributed by atoms with Crippen LogP contribution in [-0.2, 0) is 16.2 Å². The summed E-state index contributed by atoms with van der Waals surface area (Å²) in [5.41, 5.74) is 5.53. The summed E-state index contributed by atoms with van der Waals surface area (Å²) >= 11 is 7.92. The number of benzene rings is 3. The molecule has 3 aromatic rings. The molecule has 1 atom stereocenters. The summed E-state index contributed by atoms with van der Waals surface area (Å²) in [6, 6.07) is 20.8. The van der Waals surface area contributed by atoms with Crippen LogP contribution in [0.2, 0.25) is 5.02 Å². The Hall–Kier alpha value is -2.96.